The molecule has 3 atom stereocenters. The minimum atomic E-state index is -0.308. The third-order valence-corrected chi connectivity index (χ3v) is 3.70. The van der Waals surface area contributed by atoms with E-state index in [1.807, 2.05) is 6.92 Å². The summed E-state index contributed by atoms with van der Waals surface area (Å²) < 4.78 is 0. The maximum Gasteiger partial charge on any atom is 0.224 e. The van der Waals surface area contributed by atoms with Crippen LogP contribution in [0.25, 0.3) is 0 Å². The van der Waals surface area contributed by atoms with Crippen LogP contribution in [0.2, 0.25) is 0 Å². The van der Waals surface area contributed by atoms with Gasteiger partial charge in [0.2, 0.25) is 11.8 Å². The van der Waals surface area contributed by atoms with E-state index >= 15 is 0 Å². The zero-order valence-corrected chi connectivity index (χ0v) is 11.4. The number of nitrogens with two attached hydrogens (primary N) is 2. The van der Waals surface area contributed by atoms with E-state index in [0.29, 0.717) is 13.0 Å². The maximum atomic E-state index is 12.2. The number of nitrogens with zero attached hydrogens (tertiary/aromatic N) is 1. The minimum Gasteiger partial charge on any atom is -0.369 e. The molecule has 3 unspecified atom stereocenters. The van der Waals surface area contributed by atoms with E-state index in [-0.39, 0.29) is 29.8 Å². The quantitative estimate of drug-likeness (QED) is 0.754. The number of hydrogen-bond donors (Lipinski definition) is 2. The highest BCUT2D eigenvalue weighted by Gasteiger charge is 2.31. The molecular formula is C13H25N3O2. The summed E-state index contributed by atoms with van der Waals surface area (Å²) in [6, 6.07) is 0.102. The van der Waals surface area contributed by atoms with Crippen LogP contribution in [0.4, 0.5) is 0 Å². The van der Waals surface area contributed by atoms with Gasteiger partial charge in [-0.2, -0.15) is 0 Å². The van der Waals surface area contributed by atoms with Gasteiger partial charge >= 0.3 is 0 Å². The molecule has 1 saturated heterocycles. The molecule has 0 saturated carbocycles. The number of rotatable bonds is 5. The third-order valence-electron chi connectivity index (χ3n) is 3.70. The molecule has 5 heteroatoms. The van der Waals surface area contributed by atoms with Crippen molar-refractivity contribution in [3.63, 3.8) is 0 Å². The van der Waals surface area contributed by atoms with Crippen molar-refractivity contribution in [1.82, 2.24) is 4.90 Å². The Morgan fingerprint density at radius 2 is 2.06 bits per heavy atom. The first kappa shape index (κ1) is 15.0. The lowest BCUT2D eigenvalue weighted by molar-refractivity contribution is -0.137. The number of primary amides is 1. The average Bonchev–Trinajstić information content (AvgIpc) is 2.29. The fraction of sp³-hybridized carbons (Fsp3) is 0.846. The lowest BCUT2D eigenvalue weighted by Gasteiger charge is -2.37. The van der Waals surface area contributed by atoms with Gasteiger partial charge in [-0.3, -0.25) is 9.59 Å². The van der Waals surface area contributed by atoms with Gasteiger partial charge in [-0.1, -0.05) is 13.3 Å². The number of piperidine rings is 1. The number of hydrogen-bond acceptors (Lipinski definition) is 3. The van der Waals surface area contributed by atoms with Crippen LogP contribution in [0.3, 0.4) is 0 Å². The van der Waals surface area contributed by atoms with Crippen molar-refractivity contribution >= 4 is 11.8 Å². The van der Waals surface area contributed by atoms with E-state index in [0.717, 1.165) is 25.7 Å². The molecule has 5 nitrogen and oxygen atoms in total. The van der Waals surface area contributed by atoms with Crippen LogP contribution in [0.15, 0.2) is 0 Å². The van der Waals surface area contributed by atoms with Crippen molar-refractivity contribution in [1.29, 1.82) is 0 Å². The highest BCUT2D eigenvalue weighted by atomic mass is 16.2. The van der Waals surface area contributed by atoms with E-state index in [4.69, 9.17) is 11.5 Å². The zero-order chi connectivity index (χ0) is 13.7. The fourth-order valence-electron chi connectivity index (χ4n) is 2.50. The Morgan fingerprint density at radius 3 is 2.61 bits per heavy atom. The molecule has 0 bridgehead atoms. The number of likely N-dealkylation sites (tertiary alicyclic amines) is 1. The van der Waals surface area contributed by atoms with Gasteiger partial charge in [-0.05, 0) is 26.2 Å². The van der Waals surface area contributed by atoms with Gasteiger partial charge in [0.25, 0.3) is 0 Å². The third kappa shape index (κ3) is 3.98. The molecule has 1 rings (SSSR count). The Bertz CT molecular complexity index is 307. The topological polar surface area (TPSA) is 89.4 Å². The van der Waals surface area contributed by atoms with E-state index in [1.54, 1.807) is 4.90 Å². The Labute approximate surface area is 109 Å². The van der Waals surface area contributed by atoms with Crippen LogP contribution >= 0.6 is 0 Å². The standard InChI is InChI=1S/C13H25N3O2/c1-3-4-11(14)7-12(17)16-8-10(13(15)18)6-5-9(16)2/h9-11H,3-8,14H2,1-2H3,(H2,15,18). The number of amides is 2. The minimum absolute atomic E-state index is 0.0504. The van der Waals surface area contributed by atoms with Gasteiger partial charge < -0.3 is 16.4 Å². The SMILES string of the molecule is CCCC(N)CC(=O)N1CC(C(N)=O)CCC1C. The van der Waals surface area contributed by atoms with Crippen LogP contribution in [-0.4, -0.2) is 35.3 Å². The van der Waals surface area contributed by atoms with E-state index in [1.165, 1.54) is 0 Å². The predicted octanol–water partition coefficient (Wildman–Crippen LogP) is 0.616. The lowest BCUT2D eigenvalue weighted by Crippen LogP contribution is -2.49. The normalized spacial score (nSPS) is 25.8. The molecule has 104 valence electrons. The molecule has 1 fully saturated rings. The predicted molar refractivity (Wildman–Crippen MR) is 70.6 cm³/mol. The Kier molecular flexibility index (Phi) is 5.59. The van der Waals surface area contributed by atoms with E-state index in [2.05, 4.69) is 6.92 Å². The van der Waals surface area contributed by atoms with Gasteiger partial charge in [0.05, 0.1) is 5.92 Å². The van der Waals surface area contributed by atoms with Crippen molar-refractivity contribution in [3.05, 3.63) is 0 Å². The summed E-state index contributed by atoms with van der Waals surface area (Å²) in [5, 5.41) is 0. The zero-order valence-electron chi connectivity index (χ0n) is 11.4. The van der Waals surface area contributed by atoms with E-state index < -0.39 is 0 Å². The van der Waals surface area contributed by atoms with Gasteiger partial charge in [0.1, 0.15) is 0 Å². The van der Waals surface area contributed by atoms with Gasteiger partial charge in [-0.25, -0.2) is 0 Å². The average molecular weight is 255 g/mol. The Balaban J connectivity index is 2.56. The van der Waals surface area contributed by atoms with E-state index in [9.17, 15) is 9.59 Å². The van der Waals surface area contributed by atoms with Crippen molar-refractivity contribution in [2.24, 2.45) is 17.4 Å². The summed E-state index contributed by atoms with van der Waals surface area (Å²) in [6.07, 6.45) is 3.81. The molecule has 0 aromatic carbocycles. The summed E-state index contributed by atoms with van der Waals surface area (Å²) >= 11 is 0. The largest absolute Gasteiger partial charge is 0.369 e. The molecule has 1 heterocycles. The first-order chi connectivity index (χ1) is 8.45. The van der Waals surface area contributed by atoms with Crippen LogP contribution in [0, 0.1) is 5.92 Å². The number of carbonyl (C=O) groups is 2. The van der Waals surface area contributed by atoms with Crippen LogP contribution in [0.1, 0.15) is 46.0 Å². The summed E-state index contributed by atoms with van der Waals surface area (Å²) in [5.74, 6) is -0.459. The smallest absolute Gasteiger partial charge is 0.224 e. The van der Waals surface area contributed by atoms with Crippen LogP contribution in [-0.2, 0) is 9.59 Å². The first-order valence-corrected chi connectivity index (χ1v) is 6.80. The number of carbonyl (C=O) groups excluding carboxylic acids is 2. The second kappa shape index (κ2) is 6.73. The molecule has 0 radical (unpaired) electrons. The molecule has 1 aliphatic rings. The fourth-order valence-corrected chi connectivity index (χ4v) is 2.50. The lowest BCUT2D eigenvalue weighted by atomic mass is 9.92. The Hall–Kier alpha value is -1.10. The second-order valence-electron chi connectivity index (χ2n) is 5.32. The highest BCUT2D eigenvalue weighted by molar-refractivity contribution is 5.80. The van der Waals surface area contributed by atoms with Crippen LogP contribution < -0.4 is 11.5 Å². The summed E-state index contributed by atoms with van der Waals surface area (Å²) in [4.78, 5) is 25.1. The summed E-state index contributed by atoms with van der Waals surface area (Å²) in [6.45, 7) is 4.52. The van der Waals surface area contributed by atoms with Crippen molar-refractivity contribution in [2.45, 2.75) is 58.0 Å². The van der Waals surface area contributed by atoms with Gasteiger partial charge in [0.15, 0.2) is 0 Å². The molecule has 0 aromatic rings. The maximum absolute atomic E-state index is 12.2. The molecule has 0 aliphatic carbocycles. The van der Waals surface area contributed by atoms with Crippen molar-refractivity contribution in [3.8, 4) is 0 Å². The molecule has 4 N–H and O–H groups in total. The molecule has 1 aliphatic heterocycles. The molecule has 0 spiro atoms. The molecule has 0 aromatic heterocycles. The molecule has 2 amide bonds. The molecular weight excluding hydrogens is 230 g/mol. The Morgan fingerprint density at radius 1 is 1.39 bits per heavy atom. The highest BCUT2D eigenvalue weighted by Crippen LogP contribution is 2.22. The first-order valence-electron chi connectivity index (χ1n) is 6.80. The summed E-state index contributed by atoms with van der Waals surface area (Å²) in [5.41, 5.74) is 11.2. The van der Waals surface area contributed by atoms with Gasteiger partial charge in [0, 0.05) is 25.0 Å². The van der Waals surface area contributed by atoms with Crippen molar-refractivity contribution < 1.29 is 9.59 Å². The monoisotopic (exact) mass is 255 g/mol. The molecule has 18 heavy (non-hydrogen) atoms. The van der Waals surface area contributed by atoms with Crippen LogP contribution in [0.5, 0.6) is 0 Å². The van der Waals surface area contributed by atoms with Gasteiger partial charge in [-0.15, -0.1) is 0 Å². The summed E-state index contributed by atoms with van der Waals surface area (Å²) in [7, 11) is 0. The van der Waals surface area contributed by atoms with Crippen molar-refractivity contribution in [2.75, 3.05) is 6.54 Å². The second-order valence-corrected chi connectivity index (χ2v) is 5.32.